The predicted octanol–water partition coefficient (Wildman–Crippen LogP) is 3.51. The van der Waals surface area contributed by atoms with Crippen molar-refractivity contribution in [3.63, 3.8) is 0 Å². The lowest BCUT2D eigenvalue weighted by Crippen LogP contribution is -2.25. The molecule has 32 heavy (non-hydrogen) atoms. The highest BCUT2D eigenvalue weighted by atomic mass is 16.4. The minimum atomic E-state index is -0.871. The molecular weight excluding hydrogens is 406 g/mol. The first-order chi connectivity index (χ1) is 15.6. The number of carbonyl (C=O) groups is 1. The standard InChI is InChI=1S/C23H21N7O2/c1-2-3-17(23(31)32)19(22-27-29-30-28-22)10-14-4-7-20(26-13-14)16-6-5-15-8-9-25-21(12-24)18(15)11-16/h4-9,11,13,17,19H,2-3,10H2,1H3,(H,31,32)(H,27,28,29,30)/t17-,19-/m0/s1. The Bertz CT molecular complexity index is 1260. The van der Waals surface area contributed by atoms with Crippen LogP contribution in [0.3, 0.4) is 0 Å². The quantitative estimate of drug-likeness (QED) is 0.435. The van der Waals surface area contributed by atoms with Crippen molar-refractivity contribution in [2.75, 3.05) is 0 Å². The van der Waals surface area contributed by atoms with Gasteiger partial charge in [0.25, 0.3) is 0 Å². The Labute approximate surface area is 184 Å². The van der Waals surface area contributed by atoms with Crippen LogP contribution >= 0.6 is 0 Å². The van der Waals surface area contributed by atoms with Crippen molar-refractivity contribution in [1.29, 1.82) is 5.26 Å². The Morgan fingerprint density at radius 3 is 2.75 bits per heavy atom. The molecule has 1 aromatic carbocycles. The highest BCUT2D eigenvalue weighted by molar-refractivity contribution is 5.90. The maximum Gasteiger partial charge on any atom is 0.307 e. The number of benzene rings is 1. The fourth-order valence-electron chi connectivity index (χ4n) is 3.93. The predicted molar refractivity (Wildman–Crippen MR) is 116 cm³/mol. The molecule has 0 saturated heterocycles. The first-order valence-corrected chi connectivity index (χ1v) is 10.3. The third-order valence-corrected chi connectivity index (χ3v) is 5.54. The van der Waals surface area contributed by atoms with Gasteiger partial charge in [-0.05, 0) is 42.0 Å². The van der Waals surface area contributed by atoms with Crippen molar-refractivity contribution in [3.05, 3.63) is 65.9 Å². The number of hydrogen-bond donors (Lipinski definition) is 2. The summed E-state index contributed by atoms with van der Waals surface area (Å²) in [6, 6.07) is 13.6. The van der Waals surface area contributed by atoms with Crippen LogP contribution in [-0.2, 0) is 11.2 Å². The van der Waals surface area contributed by atoms with E-state index in [0.29, 0.717) is 24.4 Å². The summed E-state index contributed by atoms with van der Waals surface area (Å²) in [4.78, 5) is 20.6. The second-order valence-electron chi connectivity index (χ2n) is 7.57. The molecule has 3 aromatic heterocycles. The molecule has 9 heteroatoms. The SMILES string of the molecule is CCC[C@H](C(=O)O)[C@H](Cc1ccc(-c2ccc3ccnc(C#N)c3c2)nc1)c1nn[nH]n1. The molecule has 0 aliphatic carbocycles. The maximum atomic E-state index is 11.9. The number of aliphatic carboxylic acids is 1. The second kappa shape index (κ2) is 9.31. The number of fused-ring (bicyclic) bond motifs is 1. The highest BCUT2D eigenvalue weighted by Gasteiger charge is 2.32. The van der Waals surface area contributed by atoms with Crippen LogP contribution in [0.15, 0.2) is 48.8 Å². The van der Waals surface area contributed by atoms with Crippen molar-refractivity contribution in [2.45, 2.75) is 32.1 Å². The van der Waals surface area contributed by atoms with E-state index < -0.39 is 17.8 Å². The van der Waals surface area contributed by atoms with E-state index in [4.69, 9.17) is 0 Å². The number of aromatic nitrogens is 6. The summed E-state index contributed by atoms with van der Waals surface area (Å²) in [5.41, 5.74) is 2.88. The van der Waals surface area contributed by atoms with E-state index in [1.165, 1.54) is 0 Å². The topological polar surface area (TPSA) is 141 Å². The van der Waals surface area contributed by atoms with Gasteiger partial charge in [-0.25, -0.2) is 4.98 Å². The first kappa shape index (κ1) is 21.1. The number of carboxylic acids is 1. The van der Waals surface area contributed by atoms with Crippen molar-refractivity contribution in [3.8, 4) is 17.3 Å². The van der Waals surface area contributed by atoms with Crippen molar-refractivity contribution in [2.24, 2.45) is 5.92 Å². The lowest BCUT2D eigenvalue weighted by molar-refractivity contribution is -0.142. The van der Waals surface area contributed by atoms with Crippen LogP contribution in [0.25, 0.3) is 22.0 Å². The van der Waals surface area contributed by atoms with E-state index >= 15 is 0 Å². The van der Waals surface area contributed by atoms with Crippen LogP contribution in [0.4, 0.5) is 0 Å². The molecule has 9 nitrogen and oxygen atoms in total. The summed E-state index contributed by atoms with van der Waals surface area (Å²) >= 11 is 0. The summed E-state index contributed by atoms with van der Waals surface area (Å²) in [5, 5.41) is 34.9. The third-order valence-electron chi connectivity index (χ3n) is 5.54. The van der Waals surface area contributed by atoms with Gasteiger partial charge < -0.3 is 5.11 Å². The Kier molecular flexibility index (Phi) is 6.12. The molecule has 4 aromatic rings. The van der Waals surface area contributed by atoms with E-state index in [1.807, 2.05) is 43.3 Å². The van der Waals surface area contributed by atoms with Gasteiger partial charge in [0.05, 0.1) is 11.6 Å². The monoisotopic (exact) mass is 427 g/mol. The van der Waals surface area contributed by atoms with Crippen molar-refractivity contribution in [1.82, 2.24) is 30.6 Å². The van der Waals surface area contributed by atoms with E-state index in [0.717, 1.165) is 34.0 Å². The molecule has 2 atom stereocenters. The fourth-order valence-corrected chi connectivity index (χ4v) is 3.93. The van der Waals surface area contributed by atoms with Gasteiger partial charge in [-0.1, -0.05) is 36.8 Å². The molecule has 0 spiro atoms. The number of nitriles is 1. The third kappa shape index (κ3) is 4.30. The van der Waals surface area contributed by atoms with Gasteiger partial charge in [0.2, 0.25) is 0 Å². The Morgan fingerprint density at radius 2 is 2.09 bits per heavy atom. The molecule has 0 aliphatic heterocycles. The molecule has 4 rings (SSSR count). The van der Waals surface area contributed by atoms with Crippen molar-refractivity contribution >= 4 is 16.7 Å². The number of aromatic amines is 1. The van der Waals surface area contributed by atoms with E-state index in [9.17, 15) is 15.2 Å². The number of rotatable bonds is 8. The Hall–Kier alpha value is -4.19. The van der Waals surface area contributed by atoms with E-state index in [2.05, 4.69) is 36.7 Å². The number of carboxylic acid groups (broad SMARTS) is 1. The number of tetrazole rings is 1. The number of nitrogens with one attached hydrogen (secondary N) is 1. The zero-order valence-electron chi connectivity index (χ0n) is 17.4. The van der Waals surface area contributed by atoms with Crippen LogP contribution < -0.4 is 0 Å². The summed E-state index contributed by atoms with van der Waals surface area (Å²) in [6.07, 6.45) is 5.06. The van der Waals surface area contributed by atoms with E-state index in [1.54, 1.807) is 12.4 Å². The molecule has 2 N–H and O–H groups in total. The van der Waals surface area contributed by atoms with Gasteiger partial charge in [0.1, 0.15) is 11.8 Å². The first-order valence-electron chi connectivity index (χ1n) is 10.3. The average molecular weight is 427 g/mol. The van der Waals surface area contributed by atoms with E-state index in [-0.39, 0.29) is 0 Å². The molecule has 0 bridgehead atoms. The lowest BCUT2D eigenvalue weighted by Gasteiger charge is -2.21. The van der Waals surface area contributed by atoms with Crippen LogP contribution in [0, 0.1) is 17.2 Å². The normalized spacial score (nSPS) is 12.9. The van der Waals surface area contributed by atoms with Crippen LogP contribution in [0.2, 0.25) is 0 Å². The lowest BCUT2D eigenvalue weighted by atomic mass is 9.83. The van der Waals surface area contributed by atoms with Gasteiger partial charge in [-0.2, -0.15) is 10.5 Å². The number of pyridine rings is 2. The molecule has 0 saturated carbocycles. The molecule has 0 unspecified atom stereocenters. The number of nitrogens with zero attached hydrogens (tertiary/aromatic N) is 6. The Morgan fingerprint density at radius 1 is 1.22 bits per heavy atom. The maximum absolute atomic E-state index is 11.9. The van der Waals surface area contributed by atoms with Gasteiger partial charge in [0.15, 0.2) is 5.82 Å². The molecule has 0 aliphatic rings. The smallest absolute Gasteiger partial charge is 0.307 e. The van der Waals surface area contributed by atoms with Gasteiger partial charge in [0, 0.05) is 29.3 Å². The largest absolute Gasteiger partial charge is 0.481 e. The summed E-state index contributed by atoms with van der Waals surface area (Å²) < 4.78 is 0. The van der Waals surface area contributed by atoms with Crippen LogP contribution in [0.5, 0.6) is 0 Å². The summed E-state index contributed by atoms with van der Waals surface area (Å²) in [6.45, 7) is 1.95. The van der Waals surface area contributed by atoms with Crippen LogP contribution in [0.1, 0.15) is 42.8 Å². The number of hydrogen-bond acceptors (Lipinski definition) is 7. The van der Waals surface area contributed by atoms with Gasteiger partial charge in [-0.3, -0.25) is 9.78 Å². The Balaban J connectivity index is 1.62. The minimum Gasteiger partial charge on any atom is -0.481 e. The highest BCUT2D eigenvalue weighted by Crippen LogP contribution is 2.30. The minimum absolute atomic E-state index is 0.375. The molecular formula is C23H21N7O2. The number of H-pyrrole nitrogens is 1. The van der Waals surface area contributed by atoms with Crippen molar-refractivity contribution < 1.29 is 9.90 Å². The van der Waals surface area contributed by atoms with Gasteiger partial charge >= 0.3 is 5.97 Å². The molecule has 3 heterocycles. The second-order valence-corrected chi connectivity index (χ2v) is 7.57. The molecule has 0 radical (unpaired) electrons. The fraction of sp³-hybridized carbons (Fsp3) is 0.261. The zero-order chi connectivity index (χ0) is 22.5. The summed E-state index contributed by atoms with van der Waals surface area (Å²) in [7, 11) is 0. The van der Waals surface area contributed by atoms with Gasteiger partial charge in [-0.15, -0.1) is 10.2 Å². The molecule has 160 valence electrons. The summed E-state index contributed by atoms with van der Waals surface area (Å²) in [5.74, 6) is -1.51. The average Bonchev–Trinajstić information content (AvgIpc) is 3.35. The van der Waals surface area contributed by atoms with Crippen LogP contribution in [-0.4, -0.2) is 41.7 Å². The molecule has 0 amide bonds. The zero-order valence-corrected chi connectivity index (χ0v) is 17.4. The molecule has 0 fully saturated rings.